The molecule has 9 rings (SSSR count). The molecule has 0 N–H and O–H groups in total. The van der Waals surface area contributed by atoms with Gasteiger partial charge in [0.15, 0.2) is 0 Å². The van der Waals surface area contributed by atoms with Gasteiger partial charge in [0.2, 0.25) is 0 Å². The summed E-state index contributed by atoms with van der Waals surface area (Å²) in [5, 5.41) is 7.68. The molecule has 0 radical (unpaired) electrons. The second kappa shape index (κ2) is 10.2. The van der Waals surface area contributed by atoms with E-state index in [1.165, 1.54) is 81.4 Å². The van der Waals surface area contributed by atoms with Gasteiger partial charge in [0.1, 0.15) is 0 Å². The molecule has 0 unspecified atom stereocenters. The van der Waals surface area contributed by atoms with Gasteiger partial charge < -0.3 is 4.90 Å². The number of hydrogen-bond acceptors (Lipinski definition) is 2. The first-order valence-corrected chi connectivity index (χ1v) is 15.8. The molecule has 0 bridgehead atoms. The Kier molecular flexibility index (Phi) is 5.82. The Labute approximate surface area is 261 Å². The van der Waals surface area contributed by atoms with E-state index in [4.69, 9.17) is 0 Å². The van der Waals surface area contributed by atoms with E-state index in [1.54, 1.807) is 0 Å². The highest BCUT2D eigenvalue weighted by Crippen LogP contribution is 2.52. The fourth-order valence-corrected chi connectivity index (χ4v) is 7.81. The lowest BCUT2D eigenvalue weighted by Crippen LogP contribution is -2.14. The molecule has 0 aliphatic carbocycles. The first-order chi connectivity index (χ1) is 21.8. The third-order valence-corrected chi connectivity index (χ3v) is 9.94. The molecular formula is C42H27NS. The summed E-state index contributed by atoms with van der Waals surface area (Å²) in [5.74, 6) is 0. The molecule has 1 aliphatic rings. The van der Waals surface area contributed by atoms with Gasteiger partial charge in [-0.25, -0.2) is 0 Å². The number of nitrogens with zero attached hydrogens (tertiary/aromatic N) is 1. The van der Waals surface area contributed by atoms with Crippen LogP contribution >= 0.6 is 11.8 Å². The zero-order valence-corrected chi connectivity index (χ0v) is 24.8. The summed E-state index contributed by atoms with van der Waals surface area (Å²) in [6.07, 6.45) is 0. The second-order valence-electron chi connectivity index (χ2n) is 11.4. The monoisotopic (exact) mass is 577 g/mol. The summed E-state index contributed by atoms with van der Waals surface area (Å²) in [6.45, 7) is 0. The van der Waals surface area contributed by atoms with Crippen LogP contribution in [0.15, 0.2) is 174 Å². The molecule has 1 nitrogen and oxygen atoms in total. The summed E-state index contributed by atoms with van der Waals surface area (Å²) >= 11 is 1.85. The van der Waals surface area contributed by atoms with E-state index in [2.05, 4.69) is 169 Å². The van der Waals surface area contributed by atoms with Crippen molar-refractivity contribution in [3.8, 4) is 22.3 Å². The maximum atomic E-state index is 2.43. The van der Waals surface area contributed by atoms with E-state index in [1.807, 2.05) is 11.8 Å². The van der Waals surface area contributed by atoms with Gasteiger partial charge in [0.25, 0.3) is 0 Å². The lowest BCUT2D eigenvalue weighted by Gasteiger charge is -2.33. The molecule has 1 heterocycles. The van der Waals surface area contributed by atoms with Crippen LogP contribution in [0.3, 0.4) is 0 Å². The first kappa shape index (κ1) is 25.2. The van der Waals surface area contributed by atoms with E-state index in [0.717, 1.165) is 0 Å². The van der Waals surface area contributed by atoms with Gasteiger partial charge in [-0.1, -0.05) is 127 Å². The van der Waals surface area contributed by atoms with Crippen molar-refractivity contribution < 1.29 is 0 Å². The summed E-state index contributed by atoms with van der Waals surface area (Å²) in [6, 6.07) is 59.8. The molecule has 0 aromatic heterocycles. The molecule has 206 valence electrons. The van der Waals surface area contributed by atoms with Gasteiger partial charge in [-0.3, -0.25) is 0 Å². The van der Waals surface area contributed by atoms with Crippen molar-refractivity contribution in [2.75, 3.05) is 4.90 Å². The minimum atomic E-state index is 1.17. The highest BCUT2D eigenvalue weighted by molar-refractivity contribution is 7.99. The van der Waals surface area contributed by atoms with Crippen LogP contribution in [0.2, 0.25) is 0 Å². The van der Waals surface area contributed by atoms with Crippen LogP contribution < -0.4 is 4.90 Å². The van der Waals surface area contributed by atoms with Crippen molar-refractivity contribution in [3.63, 3.8) is 0 Å². The van der Waals surface area contributed by atoms with Crippen molar-refractivity contribution in [3.05, 3.63) is 164 Å². The van der Waals surface area contributed by atoms with Crippen molar-refractivity contribution in [2.45, 2.75) is 9.79 Å². The number of rotatable bonds is 3. The van der Waals surface area contributed by atoms with E-state index in [0.29, 0.717) is 0 Å². The summed E-state index contributed by atoms with van der Waals surface area (Å²) in [7, 11) is 0. The number of fused-ring (bicyclic) bond motifs is 8. The normalized spacial score (nSPS) is 12.4. The van der Waals surface area contributed by atoms with Crippen LogP contribution in [0.1, 0.15) is 0 Å². The fraction of sp³-hybridized carbons (Fsp3) is 0. The number of benzene rings is 8. The van der Waals surface area contributed by atoms with Gasteiger partial charge in [-0.05, 0) is 103 Å². The minimum absolute atomic E-state index is 1.17. The van der Waals surface area contributed by atoms with E-state index in [-0.39, 0.29) is 0 Å². The molecule has 0 saturated carbocycles. The molecule has 0 saturated heterocycles. The van der Waals surface area contributed by atoms with Crippen LogP contribution in [0.4, 0.5) is 17.1 Å². The van der Waals surface area contributed by atoms with E-state index >= 15 is 0 Å². The predicted molar refractivity (Wildman–Crippen MR) is 189 cm³/mol. The molecule has 0 atom stereocenters. The lowest BCUT2D eigenvalue weighted by molar-refractivity contribution is 1.17. The molecule has 0 amide bonds. The number of hydrogen-bond donors (Lipinski definition) is 0. The Morgan fingerprint density at radius 1 is 0.318 bits per heavy atom. The molecule has 0 spiro atoms. The molecule has 0 fully saturated rings. The van der Waals surface area contributed by atoms with E-state index in [9.17, 15) is 0 Å². The standard InChI is InChI=1S/C42H27NS/c1-2-11-28(12-3-1)29-13-10-14-30(25-29)31-21-23-35-33-15-4-5-16-34(33)36-24-22-32(27-38(36)37(35)26-31)43-39-17-6-8-19-41(39)44-42-20-9-7-18-40(42)43/h1-27H. The van der Waals surface area contributed by atoms with Crippen molar-refractivity contribution >= 4 is 61.1 Å². The smallest absolute Gasteiger partial charge is 0.0601 e. The quantitative estimate of drug-likeness (QED) is 0.192. The Bertz CT molecular complexity index is 2330. The third kappa shape index (κ3) is 4.03. The molecule has 2 heteroatoms. The zero-order chi connectivity index (χ0) is 29.0. The summed E-state index contributed by atoms with van der Waals surface area (Å²) < 4.78 is 0. The van der Waals surface area contributed by atoms with Gasteiger partial charge in [-0.2, -0.15) is 0 Å². The van der Waals surface area contributed by atoms with Crippen molar-refractivity contribution in [1.29, 1.82) is 0 Å². The highest BCUT2D eigenvalue weighted by atomic mass is 32.2. The largest absolute Gasteiger partial charge is 0.308 e. The van der Waals surface area contributed by atoms with Crippen LogP contribution in [-0.4, -0.2) is 0 Å². The molecular weight excluding hydrogens is 551 g/mol. The average molecular weight is 578 g/mol. The van der Waals surface area contributed by atoms with Gasteiger partial charge in [0.05, 0.1) is 11.4 Å². The van der Waals surface area contributed by atoms with Crippen LogP contribution in [0.25, 0.3) is 54.6 Å². The van der Waals surface area contributed by atoms with E-state index < -0.39 is 0 Å². The Hall–Kier alpha value is -5.31. The van der Waals surface area contributed by atoms with Crippen molar-refractivity contribution in [2.24, 2.45) is 0 Å². The molecule has 8 aromatic carbocycles. The first-order valence-electron chi connectivity index (χ1n) is 15.0. The minimum Gasteiger partial charge on any atom is -0.308 e. The van der Waals surface area contributed by atoms with Crippen LogP contribution in [-0.2, 0) is 0 Å². The fourth-order valence-electron chi connectivity index (χ4n) is 6.76. The number of anilines is 3. The van der Waals surface area contributed by atoms with Gasteiger partial charge in [-0.15, -0.1) is 0 Å². The second-order valence-corrected chi connectivity index (χ2v) is 12.4. The Morgan fingerprint density at radius 2 is 0.818 bits per heavy atom. The molecule has 44 heavy (non-hydrogen) atoms. The lowest BCUT2D eigenvalue weighted by atomic mass is 9.91. The summed E-state index contributed by atoms with van der Waals surface area (Å²) in [5.41, 5.74) is 8.53. The third-order valence-electron chi connectivity index (χ3n) is 8.81. The van der Waals surface area contributed by atoms with Crippen LogP contribution in [0.5, 0.6) is 0 Å². The predicted octanol–water partition coefficient (Wildman–Crippen LogP) is 12.4. The Morgan fingerprint density at radius 3 is 1.52 bits per heavy atom. The van der Waals surface area contributed by atoms with Crippen molar-refractivity contribution in [1.82, 2.24) is 0 Å². The van der Waals surface area contributed by atoms with Gasteiger partial charge in [0, 0.05) is 15.5 Å². The Balaban J connectivity index is 1.29. The maximum Gasteiger partial charge on any atom is 0.0601 e. The SMILES string of the molecule is c1ccc(-c2cccc(-c3ccc4c5ccccc5c5ccc(N6c7ccccc7Sc7ccccc76)cc5c4c3)c2)cc1. The average Bonchev–Trinajstić information content (AvgIpc) is 3.10. The van der Waals surface area contributed by atoms with Gasteiger partial charge >= 0.3 is 0 Å². The highest BCUT2D eigenvalue weighted by Gasteiger charge is 2.24. The number of para-hydroxylation sites is 2. The maximum absolute atomic E-state index is 2.43. The topological polar surface area (TPSA) is 3.24 Å². The molecule has 8 aromatic rings. The molecule has 1 aliphatic heterocycles. The zero-order valence-electron chi connectivity index (χ0n) is 23.9. The summed E-state index contributed by atoms with van der Waals surface area (Å²) in [4.78, 5) is 4.97. The van der Waals surface area contributed by atoms with Crippen LogP contribution in [0, 0.1) is 0 Å².